The van der Waals surface area contributed by atoms with Gasteiger partial charge in [0.25, 0.3) is 11.8 Å². The number of nitrogens with one attached hydrogen (secondary N) is 1. The molecule has 1 aliphatic rings. The van der Waals surface area contributed by atoms with Gasteiger partial charge in [-0.15, -0.1) is 0 Å². The monoisotopic (exact) mass is 359 g/mol. The fraction of sp³-hybridized carbons (Fsp3) is 0.143. The summed E-state index contributed by atoms with van der Waals surface area (Å²) in [6.07, 6.45) is 1.63. The van der Waals surface area contributed by atoms with Crippen molar-refractivity contribution in [2.45, 2.75) is 13.8 Å². The Kier molecular flexibility index (Phi) is 3.96. The molecule has 4 rings (SSSR count). The molecular weight excluding hydrogens is 342 g/mol. The van der Waals surface area contributed by atoms with Crippen molar-refractivity contribution >= 4 is 34.3 Å². The van der Waals surface area contributed by atoms with Crippen LogP contribution in [0.25, 0.3) is 10.9 Å². The van der Waals surface area contributed by atoms with Gasteiger partial charge in [0, 0.05) is 11.6 Å². The Labute approximate surface area is 155 Å². The maximum atomic E-state index is 12.5. The van der Waals surface area contributed by atoms with E-state index in [4.69, 9.17) is 0 Å². The van der Waals surface area contributed by atoms with Crippen LogP contribution in [-0.2, 0) is 4.79 Å². The number of benzene rings is 2. The maximum Gasteiger partial charge on any atom is 0.262 e. The smallest absolute Gasteiger partial charge is 0.262 e. The molecule has 0 saturated carbocycles. The van der Waals surface area contributed by atoms with E-state index in [1.54, 1.807) is 36.5 Å². The standard InChI is InChI=1S/C21H17N3O3/c1-12-7-8-16-17(9-10-22-19(16)13(12)2)23-18(25)11-24-20(26)14-5-3-4-6-15(14)21(24)27/h3-10H,11H2,1-2H3,(H,22,23,25). The number of amides is 3. The highest BCUT2D eigenvalue weighted by molar-refractivity contribution is 6.22. The lowest BCUT2D eigenvalue weighted by Gasteiger charge is -2.15. The summed E-state index contributed by atoms with van der Waals surface area (Å²) in [5.74, 6) is -1.33. The first-order chi connectivity index (χ1) is 13.0. The van der Waals surface area contributed by atoms with Gasteiger partial charge < -0.3 is 5.32 Å². The van der Waals surface area contributed by atoms with Crippen LogP contribution in [0.1, 0.15) is 31.8 Å². The molecule has 0 atom stereocenters. The van der Waals surface area contributed by atoms with Crippen LogP contribution in [0, 0.1) is 13.8 Å². The van der Waals surface area contributed by atoms with E-state index < -0.39 is 17.7 Å². The molecule has 6 nitrogen and oxygen atoms in total. The topological polar surface area (TPSA) is 79.4 Å². The van der Waals surface area contributed by atoms with Crippen molar-refractivity contribution in [3.8, 4) is 0 Å². The molecule has 1 aliphatic heterocycles. The number of imide groups is 1. The zero-order valence-corrected chi connectivity index (χ0v) is 14.9. The van der Waals surface area contributed by atoms with Crippen molar-refractivity contribution in [3.05, 3.63) is 70.9 Å². The molecule has 3 amide bonds. The maximum absolute atomic E-state index is 12.5. The van der Waals surface area contributed by atoms with Crippen LogP contribution in [0.5, 0.6) is 0 Å². The Bertz CT molecular complexity index is 1090. The molecule has 1 N–H and O–H groups in total. The van der Waals surface area contributed by atoms with E-state index in [0.717, 1.165) is 26.9 Å². The first kappa shape index (κ1) is 16.9. The molecule has 0 saturated heterocycles. The van der Waals surface area contributed by atoms with Crippen molar-refractivity contribution < 1.29 is 14.4 Å². The van der Waals surface area contributed by atoms with Gasteiger partial charge in [0.05, 0.1) is 22.3 Å². The molecular formula is C21H17N3O3. The Morgan fingerprint density at radius 1 is 1.00 bits per heavy atom. The summed E-state index contributed by atoms with van der Waals surface area (Å²) in [6.45, 7) is 3.65. The molecule has 0 spiro atoms. The molecule has 0 fully saturated rings. The van der Waals surface area contributed by atoms with Crippen molar-refractivity contribution in [1.29, 1.82) is 0 Å². The predicted molar refractivity (Wildman–Crippen MR) is 102 cm³/mol. The fourth-order valence-corrected chi connectivity index (χ4v) is 3.29. The van der Waals surface area contributed by atoms with Crippen LogP contribution in [0.4, 0.5) is 5.69 Å². The number of hydrogen-bond acceptors (Lipinski definition) is 4. The molecule has 27 heavy (non-hydrogen) atoms. The van der Waals surface area contributed by atoms with E-state index in [9.17, 15) is 14.4 Å². The van der Waals surface area contributed by atoms with Crippen LogP contribution in [0.15, 0.2) is 48.7 Å². The third kappa shape index (κ3) is 2.75. The summed E-state index contributed by atoms with van der Waals surface area (Å²) < 4.78 is 0. The van der Waals surface area contributed by atoms with E-state index in [0.29, 0.717) is 16.8 Å². The summed E-state index contributed by atoms with van der Waals surface area (Å²) >= 11 is 0. The Balaban J connectivity index is 1.58. The van der Waals surface area contributed by atoms with E-state index in [2.05, 4.69) is 10.3 Å². The van der Waals surface area contributed by atoms with Gasteiger partial charge in [-0.2, -0.15) is 0 Å². The second kappa shape index (κ2) is 6.32. The number of anilines is 1. The molecule has 6 heteroatoms. The van der Waals surface area contributed by atoms with Crippen molar-refractivity contribution in [1.82, 2.24) is 9.88 Å². The largest absolute Gasteiger partial charge is 0.324 e. The summed E-state index contributed by atoms with van der Waals surface area (Å²) in [7, 11) is 0. The van der Waals surface area contributed by atoms with E-state index in [1.165, 1.54) is 0 Å². The van der Waals surface area contributed by atoms with Crippen LogP contribution in [-0.4, -0.2) is 34.2 Å². The third-order valence-electron chi connectivity index (χ3n) is 4.89. The zero-order valence-electron chi connectivity index (χ0n) is 14.9. The van der Waals surface area contributed by atoms with Gasteiger partial charge in [-0.3, -0.25) is 24.3 Å². The summed E-state index contributed by atoms with van der Waals surface area (Å²) in [5, 5.41) is 3.62. The van der Waals surface area contributed by atoms with E-state index in [1.807, 2.05) is 26.0 Å². The summed E-state index contributed by atoms with van der Waals surface area (Å²) in [6, 6.07) is 12.2. The molecule has 2 aromatic carbocycles. The van der Waals surface area contributed by atoms with Crippen LogP contribution >= 0.6 is 0 Å². The summed E-state index contributed by atoms with van der Waals surface area (Å²) in [5.41, 5.74) is 4.23. The van der Waals surface area contributed by atoms with Crippen molar-refractivity contribution in [2.24, 2.45) is 0 Å². The van der Waals surface area contributed by atoms with Crippen LogP contribution < -0.4 is 5.32 Å². The minimum Gasteiger partial charge on any atom is -0.324 e. The van der Waals surface area contributed by atoms with Gasteiger partial charge >= 0.3 is 0 Å². The highest BCUT2D eigenvalue weighted by Gasteiger charge is 2.36. The van der Waals surface area contributed by atoms with Gasteiger partial charge in [0.2, 0.25) is 5.91 Å². The Hall–Kier alpha value is -3.54. The molecule has 2 heterocycles. The lowest BCUT2D eigenvalue weighted by Crippen LogP contribution is -2.37. The number of pyridine rings is 1. The number of aromatic nitrogens is 1. The lowest BCUT2D eigenvalue weighted by atomic mass is 10.0. The molecule has 0 aliphatic carbocycles. The predicted octanol–water partition coefficient (Wildman–Crippen LogP) is 3.09. The second-order valence-electron chi connectivity index (χ2n) is 6.55. The number of nitrogens with zero attached hydrogens (tertiary/aromatic N) is 2. The average molecular weight is 359 g/mol. The molecule has 3 aromatic rings. The highest BCUT2D eigenvalue weighted by Crippen LogP contribution is 2.26. The molecule has 0 radical (unpaired) electrons. The Morgan fingerprint density at radius 2 is 1.67 bits per heavy atom. The summed E-state index contributed by atoms with van der Waals surface area (Å²) in [4.78, 5) is 42.7. The zero-order chi connectivity index (χ0) is 19.1. The van der Waals surface area contributed by atoms with Gasteiger partial charge in [-0.25, -0.2) is 0 Å². The second-order valence-corrected chi connectivity index (χ2v) is 6.55. The SMILES string of the molecule is Cc1ccc2c(NC(=O)CN3C(=O)c4ccccc4C3=O)ccnc2c1C. The number of hydrogen-bond donors (Lipinski definition) is 1. The molecule has 1 aromatic heterocycles. The van der Waals surface area contributed by atoms with Gasteiger partial charge in [-0.1, -0.05) is 24.3 Å². The minimum absolute atomic E-state index is 0.329. The van der Waals surface area contributed by atoms with Crippen LogP contribution in [0.3, 0.4) is 0 Å². The van der Waals surface area contributed by atoms with Gasteiger partial charge in [0.1, 0.15) is 6.54 Å². The van der Waals surface area contributed by atoms with Crippen molar-refractivity contribution in [3.63, 3.8) is 0 Å². The minimum atomic E-state index is -0.447. The van der Waals surface area contributed by atoms with E-state index in [-0.39, 0.29) is 6.54 Å². The molecule has 0 unspecified atom stereocenters. The van der Waals surface area contributed by atoms with E-state index >= 15 is 0 Å². The quantitative estimate of drug-likeness (QED) is 0.729. The molecule has 0 bridgehead atoms. The first-order valence-corrected chi connectivity index (χ1v) is 8.57. The molecule has 134 valence electrons. The number of aryl methyl sites for hydroxylation is 2. The first-order valence-electron chi connectivity index (χ1n) is 8.57. The van der Waals surface area contributed by atoms with Crippen molar-refractivity contribution in [2.75, 3.05) is 11.9 Å². The number of rotatable bonds is 3. The number of fused-ring (bicyclic) bond motifs is 2. The third-order valence-corrected chi connectivity index (χ3v) is 4.89. The Morgan fingerprint density at radius 3 is 2.33 bits per heavy atom. The number of carbonyl (C=O) groups is 3. The fourth-order valence-electron chi connectivity index (χ4n) is 3.29. The van der Waals surface area contributed by atoms with Crippen LogP contribution in [0.2, 0.25) is 0 Å². The van der Waals surface area contributed by atoms with Gasteiger partial charge in [0.15, 0.2) is 0 Å². The lowest BCUT2D eigenvalue weighted by molar-refractivity contribution is -0.116. The van der Waals surface area contributed by atoms with Gasteiger partial charge in [-0.05, 0) is 43.2 Å². The normalized spacial score (nSPS) is 13.2. The number of carbonyl (C=O) groups excluding carboxylic acids is 3. The highest BCUT2D eigenvalue weighted by atomic mass is 16.2. The average Bonchev–Trinajstić information content (AvgIpc) is 2.90.